The molecule has 0 atom stereocenters. The molecule has 0 fully saturated rings. The number of alkyl halides is 2. The molecule has 0 aliphatic carbocycles. The minimum atomic E-state index is -2.49. The van der Waals surface area contributed by atoms with Crippen molar-refractivity contribution in [2.75, 3.05) is 18.5 Å². The number of aromatic nitrogens is 2. The van der Waals surface area contributed by atoms with E-state index in [-0.39, 0.29) is 5.56 Å². The lowest BCUT2D eigenvalue weighted by Gasteiger charge is -2.29. The Hall–Kier alpha value is -1.91. The highest BCUT2D eigenvalue weighted by Crippen LogP contribution is 2.37. The summed E-state index contributed by atoms with van der Waals surface area (Å²) in [6.45, 7) is 0.915. The van der Waals surface area contributed by atoms with Crippen LogP contribution in [0.5, 0.6) is 0 Å². The topological polar surface area (TPSA) is 21.1 Å². The van der Waals surface area contributed by atoms with Crippen LogP contribution in [-0.4, -0.2) is 23.4 Å². The Balaban J connectivity index is 2.18. The van der Waals surface area contributed by atoms with Crippen molar-refractivity contribution in [1.29, 1.82) is 0 Å². The van der Waals surface area contributed by atoms with Crippen molar-refractivity contribution in [3.63, 3.8) is 0 Å². The molecule has 2 aromatic rings. The van der Waals surface area contributed by atoms with E-state index in [4.69, 9.17) is 0 Å². The second-order valence-electron chi connectivity index (χ2n) is 5.27. The standard InChI is InChI=1S/C15H17F2N3/c1-19-6-3-4-10-8-11(13-5-7-20(2)18-13)12(15(16)17)9-14(10)19/h5,7-9,15H,3-4,6H2,1-2H3. The molecular weight excluding hydrogens is 260 g/mol. The van der Waals surface area contributed by atoms with Crippen molar-refractivity contribution in [2.24, 2.45) is 7.05 Å². The van der Waals surface area contributed by atoms with Crippen LogP contribution in [0, 0.1) is 0 Å². The molecule has 106 valence electrons. The summed E-state index contributed by atoms with van der Waals surface area (Å²) in [7, 11) is 3.74. The van der Waals surface area contributed by atoms with E-state index in [1.165, 1.54) is 0 Å². The molecule has 1 aromatic carbocycles. The quantitative estimate of drug-likeness (QED) is 0.838. The van der Waals surface area contributed by atoms with Gasteiger partial charge in [-0.25, -0.2) is 8.78 Å². The van der Waals surface area contributed by atoms with Gasteiger partial charge in [-0.2, -0.15) is 5.10 Å². The Bertz CT molecular complexity index is 634. The molecular formula is C15H17F2N3. The summed E-state index contributed by atoms with van der Waals surface area (Å²) in [4.78, 5) is 2.05. The number of rotatable bonds is 2. The molecule has 0 radical (unpaired) electrons. The summed E-state index contributed by atoms with van der Waals surface area (Å²) >= 11 is 0. The molecule has 0 N–H and O–H groups in total. The van der Waals surface area contributed by atoms with E-state index in [9.17, 15) is 8.78 Å². The number of hydrogen-bond donors (Lipinski definition) is 0. The van der Waals surface area contributed by atoms with E-state index in [1.807, 2.05) is 18.0 Å². The molecule has 0 bridgehead atoms. The summed E-state index contributed by atoms with van der Waals surface area (Å²) in [5, 5.41) is 4.26. The summed E-state index contributed by atoms with van der Waals surface area (Å²) in [6.07, 6.45) is 1.27. The first-order chi connectivity index (χ1) is 9.56. The lowest BCUT2D eigenvalue weighted by atomic mass is 9.94. The number of fused-ring (bicyclic) bond motifs is 1. The first-order valence-corrected chi connectivity index (χ1v) is 6.72. The second-order valence-corrected chi connectivity index (χ2v) is 5.27. The predicted octanol–water partition coefficient (Wildman–Crippen LogP) is 3.41. The van der Waals surface area contributed by atoms with Gasteiger partial charge in [0.25, 0.3) is 6.43 Å². The Kier molecular flexibility index (Phi) is 3.20. The van der Waals surface area contributed by atoms with Crippen LogP contribution < -0.4 is 4.90 Å². The number of anilines is 1. The highest BCUT2D eigenvalue weighted by molar-refractivity contribution is 5.71. The zero-order valence-corrected chi connectivity index (χ0v) is 11.6. The molecule has 20 heavy (non-hydrogen) atoms. The maximum Gasteiger partial charge on any atom is 0.264 e. The van der Waals surface area contributed by atoms with E-state index in [0.717, 1.165) is 30.6 Å². The van der Waals surface area contributed by atoms with Crippen LogP contribution in [0.25, 0.3) is 11.3 Å². The molecule has 0 saturated heterocycles. The van der Waals surface area contributed by atoms with Gasteiger partial charge in [0.05, 0.1) is 5.69 Å². The van der Waals surface area contributed by atoms with Gasteiger partial charge in [-0.1, -0.05) is 0 Å². The third-order valence-corrected chi connectivity index (χ3v) is 3.83. The number of benzene rings is 1. The third-order valence-electron chi connectivity index (χ3n) is 3.83. The van der Waals surface area contributed by atoms with Crippen molar-refractivity contribution < 1.29 is 8.78 Å². The molecule has 2 heterocycles. The SMILES string of the molecule is CN1CCCc2cc(-c3ccn(C)n3)c(C(F)F)cc21. The Morgan fingerprint density at radius 1 is 1.25 bits per heavy atom. The number of aryl methyl sites for hydroxylation is 2. The molecule has 0 unspecified atom stereocenters. The normalized spacial score (nSPS) is 14.8. The van der Waals surface area contributed by atoms with Crippen molar-refractivity contribution in [3.05, 3.63) is 35.5 Å². The lowest BCUT2D eigenvalue weighted by molar-refractivity contribution is 0.152. The molecule has 0 amide bonds. The van der Waals surface area contributed by atoms with E-state index in [1.54, 1.807) is 30.1 Å². The van der Waals surface area contributed by atoms with Gasteiger partial charge in [0, 0.05) is 43.7 Å². The smallest absolute Gasteiger partial charge is 0.264 e. The zero-order chi connectivity index (χ0) is 14.3. The monoisotopic (exact) mass is 277 g/mol. The summed E-state index contributed by atoms with van der Waals surface area (Å²) in [5.74, 6) is 0. The van der Waals surface area contributed by atoms with Gasteiger partial charge in [-0.3, -0.25) is 4.68 Å². The first kappa shape index (κ1) is 13.1. The second kappa shape index (κ2) is 4.89. The predicted molar refractivity (Wildman–Crippen MR) is 75.2 cm³/mol. The zero-order valence-electron chi connectivity index (χ0n) is 11.6. The fourth-order valence-corrected chi connectivity index (χ4v) is 2.79. The number of hydrogen-bond acceptors (Lipinski definition) is 2. The molecule has 1 aliphatic heterocycles. The van der Waals surface area contributed by atoms with Crippen LogP contribution >= 0.6 is 0 Å². The van der Waals surface area contributed by atoms with Crippen LogP contribution in [0.15, 0.2) is 24.4 Å². The van der Waals surface area contributed by atoms with Crippen LogP contribution in [0.3, 0.4) is 0 Å². The Morgan fingerprint density at radius 2 is 2.05 bits per heavy atom. The average Bonchev–Trinajstić information content (AvgIpc) is 2.84. The molecule has 0 saturated carbocycles. The van der Waals surface area contributed by atoms with E-state index < -0.39 is 6.43 Å². The number of nitrogens with zero attached hydrogens (tertiary/aromatic N) is 3. The van der Waals surface area contributed by atoms with Crippen LogP contribution in [0.2, 0.25) is 0 Å². The van der Waals surface area contributed by atoms with E-state index in [2.05, 4.69) is 5.10 Å². The van der Waals surface area contributed by atoms with Gasteiger partial charge in [0.15, 0.2) is 0 Å². The van der Waals surface area contributed by atoms with Crippen molar-refractivity contribution >= 4 is 5.69 Å². The summed E-state index contributed by atoms with van der Waals surface area (Å²) in [5.41, 5.74) is 3.28. The molecule has 1 aliphatic rings. The molecule has 3 rings (SSSR count). The van der Waals surface area contributed by atoms with Crippen LogP contribution in [0.1, 0.15) is 24.0 Å². The Labute approximate surface area is 116 Å². The minimum absolute atomic E-state index is 0.0659. The molecule has 3 nitrogen and oxygen atoms in total. The summed E-state index contributed by atoms with van der Waals surface area (Å²) in [6, 6.07) is 5.29. The average molecular weight is 277 g/mol. The van der Waals surface area contributed by atoms with Crippen LogP contribution in [0.4, 0.5) is 14.5 Å². The van der Waals surface area contributed by atoms with Gasteiger partial charge in [0.2, 0.25) is 0 Å². The maximum absolute atomic E-state index is 13.4. The fraction of sp³-hybridized carbons (Fsp3) is 0.400. The fourth-order valence-electron chi connectivity index (χ4n) is 2.79. The molecule has 5 heteroatoms. The largest absolute Gasteiger partial charge is 0.374 e. The van der Waals surface area contributed by atoms with Crippen molar-refractivity contribution in [2.45, 2.75) is 19.3 Å². The minimum Gasteiger partial charge on any atom is -0.374 e. The van der Waals surface area contributed by atoms with Gasteiger partial charge < -0.3 is 4.90 Å². The van der Waals surface area contributed by atoms with Crippen LogP contribution in [-0.2, 0) is 13.5 Å². The lowest BCUT2D eigenvalue weighted by Crippen LogP contribution is -2.25. The first-order valence-electron chi connectivity index (χ1n) is 6.72. The highest BCUT2D eigenvalue weighted by Gasteiger charge is 2.22. The maximum atomic E-state index is 13.4. The van der Waals surface area contributed by atoms with Gasteiger partial charge in [-0.15, -0.1) is 0 Å². The molecule has 0 spiro atoms. The van der Waals surface area contributed by atoms with E-state index in [0.29, 0.717) is 11.3 Å². The highest BCUT2D eigenvalue weighted by atomic mass is 19.3. The third kappa shape index (κ3) is 2.17. The van der Waals surface area contributed by atoms with Crippen molar-refractivity contribution in [3.8, 4) is 11.3 Å². The van der Waals surface area contributed by atoms with Crippen molar-refractivity contribution in [1.82, 2.24) is 9.78 Å². The van der Waals surface area contributed by atoms with Gasteiger partial charge in [0.1, 0.15) is 0 Å². The summed E-state index contributed by atoms with van der Waals surface area (Å²) < 4.78 is 28.4. The Morgan fingerprint density at radius 3 is 2.70 bits per heavy atom. The van der Waals surface area contributed by atoms with E-state index >= 15 is 0 Å². The van der Waals surface area contributed by atoms with Gasteiger partial charge >= 0.3 is 0 Å². The molecule has 1 aromatic heterocycles. The number of halogens is 2. The van der Waals surface area contributed by atoms with Gasteiger partial charge in [-0.05, 0) is 36.6 Å².